The summed E-state index contributed by atoms with van der Waals surface area (Å²) in [6, 6.07) is 15.1. The summed E-state index contributed by atoms with van der Waals surface area (Å²) in [4.78, 5) is 35.7. The quantitative estimate of drug-likeness (QED) is 0.481. The fraction of sp³-hybridized carbons (Fsp3) is 0.400. The Bertz CT molecular complexity index is 947. The number of carbonyl (C=O) groups excluding carboxylic acids is 2. The van der Waals surface area contributed by atoms with Gasteiger partial charge in [0.15, 0.2) is 6.04 Å². The number of hydrogen-bond acceptors (Lipinski definition) is 5. The Morgan fingerprint density at radius 2 is 1.64 bits per heavy atom. The van der Waals surface area contributed by atoms with Gasteiger partial charge in [0, 0.05) is 26.0 Å². The third-order valence-corrected chi connectivity index (χ3v) is 5.90. The Kier molecular flexibility index (Phi) is 8.43. The number of amides is 2. The maximum Gasteiger partial charge on any atom is 0.407 e. The maximum atomic E-state index is 12.4. The summed E-state index contributed by atoms with van der Waals surface area (Å²) in [5.41, 5.74) is 4.59. The summed E-state index contributed by atoms with van der Waals surface area (Å²) >= 11 is 0. The van der Waals surface area contributed by atoms with Crippen molar-refractivity contribution in [2.24, 2.45) is 5.92 Å². The topological polar surface area (TPSA) is 114 Å². The summed E-state index contributed by atoms with van der Waals surface area (Å²) in [7, 11) is 1.37. The molecule has 3 rings (SSSR count). The van der Waals surface area contributed by atoms with Crippen LogP contribution in [-0.2, 0) is 19.1 Å². The number of carboxylic acid groups (broad SMARTS) is 1. The number of hydrogen-bond donors (Lipinski definition) is 3. The van der Waals surface area contributed by atoms with Gasteiger partial charge in [-0.2, -0.15) is 0 Å². The van der Waals surface area contributed by atoms with Crippen LogP contribution in [-0.4, -0.2) is 56.0 Å². The van der Waals surface area contributed by atoms with Gasteiger partial charge in [0.1, 0.15) is 6.61 Å². The van der Waals surface area contributed by atoms with Crippen molar-refractivity contribution >= 4 is 18.0 Å². The molecule has 0 saturated carbocycles. The predicted octanol–water partition coefficient (Wildman–Crippen LogP) is 3.16. The average Bonchev–Trinajstić information content (AvgIpc) is 3.13. The number of benzene rings is 2. The summed E-state index contributed by atoms with van der Waals surface area (Å²) in [6.07, 6.45) is 0.186. The van der Waals surface area contributed by atoms with E-state index in [0.717, 1.165) is 22.3 Å². The number of fused-ring (bicyclic) bond motifs is 3. The molecule has 2 aromatic rings. The Labute approximate surface area is 193 Å². The van der Waals surface area contributed by atoms with E-state index in [1.54, 1.807) is 0 Å². The summed E-state index contributed by atoms with van der Waals surface area (Å²) < 4.78 is 10.3. The first-order chi connectivity index (χ1) is 15.9. The zero-order chi connectivity index (χ0) is 23.8. The largest absolute Gasteiger partial charge is 0.480 e. The molecule has 0 aromatic heterocycles. The molecular formula is C25H30N2O6. The van der Waals surface area contributed by atoms with Crippen molar-refractivity contribution < 1.29 is 29.0 Å². The Morgan fingerprint density at radius 3 is 2.18 bits per heavy atom. The molecule has 176 valence electrons. The Morgan fingerprint density at radius 1 is 1.03 bits per heavy atom. The van der Waals surface area contributed by atoms with E-state index in [1.807, 2.05) is 31.2 Å². The molecule has 0 fully saturated rings. The summed E-state index contributed by atoms with van der Waals surface area (Å²) in [6.45, 7) is 2.26. The lowest BCUT2D eigenvalue weighted by atomic mass is 9.98. The molecule has 0 heterocycles. The van der Waals surface area contributed by atoms with Crippen LogP contribution in [0.1, 0.15) is 36.8 Å². The third kappa shape index (κ3) is 6.10. The second-order valence-corrected chi connectivity index (χ2v) is 8.10. The number of ether oxygens (including phenoxy) is 2. The van der Waals surface area contributed by atoms with Crippen LogP contribution < -0.4 is 10.6 Å². The van der Waals surface area contributed by atoms with Gasteiger partial charge in [-0.25, -0.2) is 9.59 Å². The number of nitrogens with one attached hydrogen (secondary N) is 2. The molecular weight excluding hydrogens is 424 g/mol. The predicted molar refractivity (Wildman–Crippen MR) is 123 cm³/mol. The van der Waals surface area contributed by atoms with E-state index in [1.165, 1.54) is 7.11 Å². The molecule has 1 aliphatic rings. The molecule has 0 saturated heterocycles. The molecule has 3 N–H and O–H groups in total. The van der Waals surface area contributed by atoms with Crippen LogP contribution in [0.4, 0.5) is 4.79 Å². The van der Waals surface area contributed by atoms with Gasteiger partial charge in [0.2, 0.25) is 5.91 Å². The van der Waals surface area contributed by atoms with Gasteiger partial charge in [0.05, 0.1) is 6.61 Å². The van der Waals surface area contributed by atoms with E-state index in [9.17, 15) is 14.4 Å². The average molecular weight is 455 g/mol. The highest BCUT2D eigenvalue weighted by atomic mass is 16.5. The molecule has 0 bridgehead atoms. The standard InChI is InChI=1S/C25H30N2O6/c1-3-16(12-23(28)27-22(15-32-2)24(29)30)13-26-25(31)33-14-21-19-10-6-4-8-17(19)18-9-5-7-11-20(18)21/h4-11,16,21-22H,3,12-15H2,1-2H3,(H,26,31)(H,27,28)(H,29,30). The van der Waals surface area contributed by atoms with Gasteiger partial charge in [-0.1, -0.05) is 61.9 Å². The van der Waals surface area contributed by atoms with E-state index in [2.05, 4.69) is 34.9 Å². The van der Waals surface area contributed by atoms with E-state index >= 15 is 0 Å². The van der Waals surface area contributed by atoms with Crippen LogP contribution in [0.5, 0.6) is 0 Å². The van der Waals surface area contributed by atoms with Crippen LogP contribution in [0.2, 0.25) is 0 Å². The molecule has 2 aromatic carbocycles. The molecule has 8 heteroatoms. The second-order valence-electron chi connectivity index (χ2n) is 8.10. The van der Waals surface area contributed by atoms with Crippen molar-refractivity contribution in [3.63, 3.8) is 0 Å². The molecule has 8 nitrogen and oxygen atoms in total. The molecule has 0 spiro atoms. The van der Waals surface area contributed by atoms with Crippen molar-refractivity contribution in [3.05, 3.63) is 59.7 Å². The van der Waals surface area contributed by atoms with Gasteiger partial charge < -0.3 is 25.2 Å². The molecule has 1 aliphatic carbocycles. The number of methoxy groups -OCH3 is 1. The molecule has 2 unspecified atom stereocenters. The summed E-state index contributed by atoms with van der Waals surface area (Å²) in [5.74, 6) is -1.73. The fourth-order valence-electron chi connectivity index (χ4n) is 4.09. The van der Waals surface area contributed by atoms with Gasteiger partial charge >= 0.3 is 12.1 Å². The third-order valence-electron chi connectivity index (χ3n) is 5.90. The fourth-order valence-corrected chi connectivity index (χ4v) is 4.09. The van der Waals surface area contributed by atoms with Crippen LogP contribution in [0.15, 0.2) is 48.5 Å². The molecule has 2 amide bonds. The van der Waals surface area contributed by atoms with E-state index in [4.69, 9.17) is 14.6 Å². The van der Waals surface area contributed by atoms with E-state index in [0.29, 0.717) is 6.42 Å². The van der Waals surface area contributed by atoms with Crippen LogP contribution in [0.25, 0.3) is 11.1 Å². The maximum absolute atomic E-state index is 12.4. The van der Waals surface area contributed by atoms with E-state index < -0.39 is 24.0 Å². The SMILES string of the molecule is CCC(CNC(=O)OCC1c2ccccc2-c2ccccc21)CC(=O)NC(COC)C(=O)O. The van der Waals surface area contributed by atoms with Gasteiger partial charge in [-0.15, -0.1) is 0 Å². The lowest BCUT2D eigenvalue weighted by Crippen LogP contribution is -2.44. The Hall–Kier alpha value is -3.39. The highest BCUT2D eigenvalue weighted by Gasteiger charge is 2.29. The molecule has 0 aliphatic heterocycles. The van der Waals surface area contributed by atoms with Crippen molar-refractivity contribution in [1.82, 2.24) is 10.6 Å². The second kappa shape index (κ2) is 11.5. The van der Waals surface area contributed by atoms with Gasteiger partial charge in [-0.3, -0.25) is 4.79 Å². The monoisotopic (exact) mass is 454 g/mol. The van der Waals surface area contributed by atoms with Gasteiger partial charge in [-0.05, 0) is 28.2 Å². The normalized spacial score (nSPS) is 14.0. The lowest BCUT2D eigenvalue weighted by molar-refractivity contribution is -0.143. The summed E-state index contributed by atoms with van der Waals surface area (Å²) in [5, 5.41) is 14.3. The zero-order valence-electron chi connectivity index (χ0n) is 18.9. The van der Waals surface area contributed by atoms with Crippen LogP contribution >= 0.6 is 0 Å². The smallest absolute Gasteiger partial charge is 0.407 e. The van der Waals surface area contributed by atoms with Crippen molar-refractivity contribution in [2.75, 3.05) is 26.9 Å². The number of aliphatic carboxylic acids is 1. The number of carbonyl (C=O) groups is 3. The lowest BCUT2D eigenvalue weighted by Gasteiger charge is -2.19. The first-order valence-electron chi connectivity index (χ1n) is 11.0. The first-order valence-corrected chi connectivity index (χ1v) is 11.0. The van der Waals surface area contributed by atoms with Crippen molar-refractivity contribution in [2.45, 2.75) is 31.7 Å². The molecule has 33 heavy (non-hydrogen) atoms. The minimum atomic E-state index is -1.16. The highest BCUT2D eigenvalue weighted by Crippen LogP contribution is 2.44. The Balaban J connectivity index is 1.50. The van der Waals surface area contributed by atoms with Crippen LogP contribution in [0.3, 0.4) is 0 Å². The number of carboxylic acids is 1. The minimum absolute atomic E-state index is 0.0235. The number of rotatable bonds is 11. The van der Waals surface area contributed by atoms with Crippen molar-refractivity contribution in [1.29, 1.82) is 0 Å². The first kappa shape index (κ1) is 24.3. The highest BCUT2D eigenvalue weighted by molar-refractivity contribution is 5.83. The number of alkyl carbamates (subject to hydrolysis) is 1. The molecule has 2 atom stereocenters. The minimum Gasteiger partial charge on any atom is -0.480 e. The van der Waals surface area contributed by atoms with Crippen LogP contribution in [0, 0.1) is 5.92 Å². The van der Waals surface area contributed by atoms with E-state index in [-0.39, 0.29) is 38.0 Å². The van der Waals surface area contributed by atoms with Crippen molar-refractivity contribution in [3.8, 4) is 11.1 Å². The molecule has 0 radical (unpaired) electrons. The van der Waals surface area contributed by atoms with Gasteiger partial charge in [0.25, 0.3) is 0 Å². The zero-order valence-corrected chi connectivity index (χ0v) is 18.9.